The van der Waals surface area contributed by atoms with E-state index in [1.54, 1.807) is 13.3 Å². The molecule has 0 aliphatic rings. The van der Waals surface area contributed by atoms with Crippen LogP contribution in [0.15, 0.2) is 17.3 Å². The van der Waals surface area contributed by atoms with Crippen molar-refractivity contribution in [3.05, 3.63) is 12.2 Å². The number of hydrogen-bond donors (Lipinski definition) is 0. The van der Waals surface area contributed by atoms with Gasteiger partial charge >= 0.3 is 0 Å². The Labute approximate surface area is 68.9 Å². The van der Waals surface area contributed by atoms with E-state index in [0.29, 0.717) is 0 Å². The quantitative estimate of drug-likeness (QED) is 0.250. The molecule has 0 fully saturated rings. The third-order valence-corrected chi connectivity index (χ3v) is 1.29. The summed E-state index contributed by atoms with van der Waals surface area (Å²) in [5.41, 5.74) is 0. The molecular formula is C9H17NO. The van der Waals surface area contributed by atoms with Crippen molar-refractivity contribution in [2.24, 2.45) is 5.16 Å². The molecule has 0 unspecified atom stereocenters. The molecule has 0 radical (unpaired) electrons. The molecule has 0 heterocycles. The Bertz CT molecular complexity index is 105. The Kier molecular flexibility index (Phi) is 8.55. The molecule has 0 aromatic rings. The van der Waals surface area contributed by atoms with Crippen molar-refractivity contribution in [3.8, 4) is 0 Å². The van der Waals surface area contributed by atoms with Gasteiger partial charge in [0, 0.05) is 6.21 Å². The lowest BCUT2D eigenvalue weighted by Crippen LogP contribution is -1.77. The molecule has 0 saturated carbocycles. The molecule has 11 heavy (non-hydrogen) atoms. The summed E-state index contributed by atoms with van der Waals surface area (Å²) in [5.74, 6) is 0. The zero-order valence-corrected chi connectivity index (χ0v) is 7.42. The van der Waals surface area contributed by atoms with Gasteiger partial charge in [0.05, 0.1) is 0 Å². The Morgan fingerprint density at radius 1 is 1.27 bits per heavy atom. The van der Waals surface area contributed by atoms with Crippen molar-refractivity contribution in [1.82, 2.24) is 0 Å². The normalized spacial score (nSPS) is 11.5. The van der Waals surface area contributed by atoms with Gasteiger partial charge < -0.3 is 4.84 Å². The first-order valence-corrected chi connectivity index (χ1v) is 4.11. The van der Waals surface area contributed by atoms with Gasteiger partial charge in [0.15, 0.2) is 0 Å². The van der Waals surface area contributed by atoms with Crippen LogP contribution >= 0.6 is 0 Å². The van der Waals surface area contributed by atoms with E-state index in [4.69, 9.17) is 0 Å². The molecule has 0 N–H and O–H groups in total. The number of oxime groups is 1. The van der Waals surface area contributed by atoms with E-state index in [2.05, 4.69) is 29.1 Å². The summed E-state index contributed by atoms with van der Waals surface area (Å²) in [7, 11) is 1.56. The summed E-state index contributed by atoms with van der Waals surface area (Å²) in [4.78, 5) is 4.52. The molecule has 0 saturated heterocycles. The molecule has 0 aliphatic carbocycles. The maximum absolute atomic E-state index is 4.52. The number of hydrogen-bond acceptors (Lipinski definition) is 2. The van der Waals surface area contributed by atoms with Crippen molar-refractivity contribution in [2.75, 3.05) is 7.11 Å². The molecule has 0 rings (SSSR count). The second-order valence-corrected chi connectivity index (χ2v) is 2.28. The minimum absolute atomic E-state index is 1.00. The highest BCUT2D eigenvalue weighted by Crippen LogP contribution is 1.95. The highest BCUT2D eigenvalue weighted by molar-refractivity contribution is 5.56. The maximum atomic E-state index is 4.52. The first-order valence-electron chi connectivity index (χ1n) is 4.11. The van der Waals surface area contributed by atoms with E-state index >= 15 is 0 Å². The molecule has 0 aliphatic heterocycles. The predicted octanol–water partition coefficient (Wildman–Crippen LogP) is 2.76. The van der Waals surface area contributed by atoms with E-state index in [0.717, 1.165) is 25.7 Å². The van der Waals surface area contributed by atoms with Crippen molar-refractivity contribution in [3.63, 3.8) is 0 Å². The zero-order valence-electron chi connectivity index (χ0n) is 7.42. The van der Waals surface area contributed by atoms with Gasteiger partial charge in [-0.25, -0.2) is 0 Å². The van der Waals surface area contributed by atoms with Gasteiger partial charge in [-0.1, -0.05) is 24.2 Å². The number of nitrogens with zero attached hydrogens (tertiary/aromatic N) is 1. The van der Waals surface area contributed by atoms with Gasteiger partial charge in [-0.15, -0.1) is 0 Å². The summed E-state index contributed by atoms with van der Waals surface area (Å²) >= 11 is 0. The average molecular weight is 155 g/mol. The molecule has 64 valence electrons. The fourth-order valence-corrected chi connectivity index (χ4v) is 0.739. The fourth-order valence-electron chi connectivity index (χ4n) is 0.739. The smallest absolute Gasteiger partial charge is 0.106 e. The summed E-state index contributed by atoms with van der Waals surface area (Å²) < 4.78 is 0. The predicted molar refractivity (Wildman–Crippen MR) is 48.8 cm³/mol. The summed E-state index contributed by atoms with van der Waals surface area (Å²) in [6.07, 6.45) is 10.6. The van der Waals surface area contributed by atoms with Gasteiger partial charge in [0.2, 0.25) is 0 Å². The highest BCUT2D eigenvalue weighted by atomic mass is 16.6. The van der Waals surface area contributed by atoms with Crippen LogP contribution in [0.25, 0.3) is 0 Å². The van der Waals surface area contributed by atoms with E-state index in [1.807, 2.05) is 0 Å². The van der Waals surface area contributed by atoms with E-state index in [-0.39, 0.29) is 0 Å². The van der Waals surface area contributed by atoms with Crippen LogP contribution in [-0.4, -0.2) is 13.3 Å². The lowest BCUT2D eigenvalue weighted by molar-refractivity contribution is 0.214. The maximum Gasteiger partial charge on any atom is 0.106 e. The first kappa shape index (κ1) is 10.2. The minimum atomic E-state index is 1.00. The molecular weight excluding hydrogens is 138 g/mol. The molecule has 0 amide bonds. The SMILES string of the molecule is CCC=CCCCC=NOC. The third kappa shape index (κ3) is 9.21. The van der Waals surface area contributed by atoms with Crippen LogP contribution in [0.5, 0.6) is 0 Å². The zero-order chi connectivity index (χ0) is 8.36. The van der Waals surface area contributed by atoms with E-state index in [9.17, 15) is 0 Å². The summed E-state index contributed by atoms with van der Waals surface area (Å²) in [6, 6.07) is 0. The fraction of sp³-hybridized carbons (Fsp3) is 0.667. The van der Waals surface area contributed by atoms with Crippen LogP contribution in [0.3, 0.4) is 0 Å². The van der Waals surface area contributed by atoms with Gasteiger partial charge in [-0.2, -0.15) is 0 Å². The highest BCUT2D eigenvalue weighted by Gasteiger charge is 1.79. The molecule has 0 spiro atoms. The van der Waals surface area contributed by atoms with Crippen LogP contribution in [0.4, 0.5) is 0 Å². The minimum Gasteiger partial charge on any atom is -0.399 e. The second-order valence-electron chi connectivity index (χ2n) is 2.28. The Morgan fingerprint density at radius 2 is 2.09 bits per heavy atom. The largest absolute Gasteiger partial charge is 0.399 e. The standard InChI is InChI=1S/C9H17NO/c1-3-4-5-6-7-8-9-10-11-2/h4-5,9H,3,6-8H2,1-2H3. The molecule has 0 aromatic carbocycles. The van der Waals surface area contributed by atoms with Crippen LogP contribution in [0, 0.1) is 0 Å². The van der Waals surface area contributed by atoms with Crippen LogP contribution in [0.2, 0.25) is 0 Å². The van der Waals surface area contributed by atoms with Crippen molar-refractivity contribution >= 4 is 6.21 Å². The number of rotatable bonds is 6. The first-order chi connectivity index (χ1) is 5.41. The number of allylic oxidation sites excluding steroid dienone is 2. The van der Waals surface area contributed by atoms with Gasteiger partial charge in [-0.3, -0.25) is 0 Å². The molecule has 0 bridgehead atoms. The lowest BCUT2D eigenvalue weighted by atomic mass is 10.2. The van der Waals surface area contributed by atoms with Gasteiger partial charge in [-0.05, 0) is 25.7 Å². The van der Waals surface area contributed by atoms with E-state index in [1.165, 1.54) is 0 Å². The van der Waals surface area contributed by atoms with Gasteiger partial charge in [0.1, 0.15) is 7.11 Å². The van der Waals surface area contributed by atoms with E-state index < -0.39 is 0 Å². The number of unbranched alkanes of at least 4 members (excludes halogenated alkanes) is 2. The molecule has 0 atom stereocenters. The van der Waals surface area contributed by atoms with Crippen LogP contribution in [0.1, 0.15) is 32.6 Å². The lowest BCUT2D eigenvalue weighted by Gasteiger charge is -1.88. The average Bonchev–Trinajstić information content (AvgIpc) is 2.03. The van der Waals surface area contributed by atoms with Crippen molar-refractivity contribution in [2.45, 2.75) is 32.6 Å². The second kappa shape index (κ2) is 9.21. The van der Waals surface area contributed by atoms with Crippen LogP contribution < -0.4 is 0 Å². The Hall–Kier alpha value is -0.790. The van der Waals surface area contributed by atoms with Crippen molar-refractivity contribution in [1.29, 1.82) is 0 Å². The van der Waals surface area contributed by atoms with Gasteiger partial charge in [0.25, 0.3) is 0 Å². The molecule has 0 aromatic heterocycles. The summed E-state index contributed by atoms with van der Waals surface area (Å²) in [6.45, 7) is 2.14. The summed E-state index contributed by atoms with van der Waals surface area (Å²) in [5, 5.41) is 3.64. The molecule has 2 nitrogen and oxygen atoms in total. The molecule has 2 heteroatoms. The Balaban J connectivity index is 3.02. The third-order valence-electron chi connectivity index (χ3n) is 1.29. The van der Waals surface area contributed by atoms with Crippen molar-refractivity contribution < 1.29 is 4.84 Å². The van der Waals surface area contributed by atoms with Crippen LogP contribution in [-0.2, 0) is 4.84 Å². The topological polar surface area (TPSA) is 21.6 Å². The monoisotopic (exact) mass is 155 g/mol. The Morgan fingerprint density at radius 3 is 2.73 bits per heavy atom.